The van der Waals surface area contributed by atoms with Crippen molar-refractivity contribution >= 4 is 69.0 Å². The lowest BCUT2D eigenvalue weighted by molar-refractivity contribution is -0.141. The molecule has 1 rings (SSSR count). The normalized spacial score (nSPS) is 15.4. The largest absolute Gasteiger partial charge is 0.481 e. The van der Waals surface area contributed by atoms with Crippen molar-refractivity contribution in [3.05, 3.63) is 0 Å². The molecule has 0 aromatic heterocycles. The third-order valence-corrected chi connectivity index (χ3v) is 9.98. The predicted molar refractivity (Wildman–Crippen MR) is 189 cm³/mol. The summed E-state index contributed by atoms with van der Waals surface area (Å²) in [5.41, 5.74) is 15.7. The van der Waals surface area contributed by atoms with E-state index in [0.29, 0.717) is 18.2 Å². The fourth-order valence-corrected chi connectivity index (χ4v) is 7.39. The van der Waals surface area contributed by atoms with Crippen molar-refractivity contribution in [2.45, 2.75) is 74.7 Å². The second-order valence-corrected chi connectivity index (χ2v) is 14.0. The number of rotatable bonds is 28. The van der Waals surface area contributed by atoms with Crippen LogP contribution in [0.15, 0.2) is 4.99 Å². The molecule has 1 saturated heterocycles. The van der Waals surface area contributed by atoms with E-state index in [0.717, 1.165) is 19.3 Å². The molecule has 1 unspecified atom stereocenters. The van der Waals surface area contributed by atoms with Crippen molar-refractivity contribution in [3.63, 3.8) is 0 Å². The van der Waals surface area contributed by atoms with Crippen molar-refractivity contribution in [2.75, 3.05) is 58.4 Å². The summed E-state index contributed by atoms with van der Waals surface area (Å²) in [7, 11) is 3.84. The summed E-state index contributed by atoms with van der Waals surface area (Å²) in [6, 6.07) is -4.34. The SMILES string of the molecule is NC(=O)[C@H](CO)NC(=O)[C@H](CC(=O)O)NC(=O)CNC(=O)[C@H](CCCN=C(N)N)NC(=O)COCCOCCNC(=O)CCCCC1CCSS1. The molecule has 1 fully saturated rings. The highest BCUT2D eigenvalue weighted by molar-refractivity contribution is 8.77. The number of carboxylic acid groups (broad SMARTS) is 1. The summed E-state index contributed by atoms with van der Waals surface area (Å²) >= 11 is 0. The van der Waals surface area contributed by atoms with Crippen LogP contribution in [0.2, 0.25) is 0 Å². The number of ether oxygens (including phenoxy) is 2. The summed E-state index contributed by atoms with van der Waals surface area (Å²) in [5, 5.41) is 30.7. The fraction of sp³-hybridized carbons (Fsp3) is 0.724. The van der Waals surface area contributed by atoms with Crippen LogP contribution in [-0.4, -0.2) is 139 Å². The van der Waals surface area contributed by atoms with Crippen molar-refractivity contribution < 1.29 is 53.2 Å². The second-order valence-electron chi connectivity index (χ2n) is 11.2. The van der Waals surface area contributed by atoms with Gasteiger partial charge in [0, 0.05) is 30.5 Å². The number of guanidine groups is 1. The van der Waals surface area contributed by atoms with Crippen LogP contribution in [0.5, 0.6) is 0 Å². The maximum Gasteiger partial charge on any atom is 0.305 e. The quantitative estimate of drug-likeness (QED) is 0.0159. The Labute approximate surface area is 303 Å². The number of nitrogens with two attached hydrogens (primary N) is 3. The van der Waals surface area contributed by atoms with E-state index in [2.05, 4.69) is 26.3 Å². The first-order chi connectivity index (χ1) is 24.3. The van der Waals surface area contributed by atoms with Gasteiger partial charge in [-0.15, -0.1) is 0 Å². The van der Waals surface area contributed by atoms with Gasteiger partial charge in [0.05, 0.1) is 39.4 Å². The molecule has 0 spiro atoms. The number of carboxylic acids is 1. The third-order valence-electron chi connectivity index (χ3n) is 6.97. The van der Waals surface area contributed by atoms with Crippen LogP contribution in [0.4, 0.5) is 0 Å². The molecule has 0 bridgehead atoms. The van der Waals surface area contributed by atoms with E-state index >= 15 is 0 Å². The molecule has 22 heteroatoms. The summed E-state index contributed by atoms with van der Waals surface area (Å²) in [6.07, 6.45) is 4.16. The minimum Gasteiger partial charge on any atom is -0.481 e. The van der Waals surface area contributed by atoms with Crippen LogP contribution in [0.3, 0.4) is 0 Å². The molecule has 1 heterocycles. The van der Waals surface area contributed by atoms with E-state index in [4.69, 9.17) is 31.8 Å². The predicted octanol–water partition coefficient (Wildman–Crippen LogP) is -3.57. The molecule has 0 aromatic carbocycles. The van der Waals surface area contributed by atoms with E-state index in [1.54, 1.807) is 0 Å². The van der Waals surface area contributed by atoms with Crippen molar-refractivity contribution in [3.8, 4) is 0 Å². The van der Waals surface area contributed by atoms with E-state index in [1.807, 2.05) is 26.9 Å². The van der Waals surface area contributed by atoms with Gasteiger partial charge in [0.2, 0.25) is 35.4 Å². The Morgan fingerprint density at radius 2 is 1.55 bits per heavy atom. The van der Waals surface area contributed by atoms with E-state index in [-0.39, 0.29) is 51.1 Å². The number of nitrogens with one attached hydrogen (secondary N) is 5. The number of aliphatic carboxylic acids is 1. The highest BCUT2D eigenvalue weighted by atomic mass is 33.1. The molecule has 0 radical (unpaired) electrons. The maximum absolute atomic E-state index is 12.9. The lowest BCUT2D eigenvalue weighted by Crippen LogP contribution is -2.56. The molecule has 290 valence electrons. The van der Waals surface area contributed by atoms with Gasteiger partial charge in [-0.2, -0.15) is 0 Å². The average Bonchev–Trinajstić information content (AvgIpc) is 3.59. The smallest absolute Gasteiger partial charge is 0.305 e. The summed E-state index contributed by atoms with van der Waals surface area (Å²) in [5.74, 6) is -5.05. The summed E-state index contributed by atoms with van der Waals surface area (Å²) in [6.45, 7) is -1.03. The third kappa shape index (κ3) is 22.5. The Kier molecular flexibility index (Phi) is 23.8. The van der Waals surface area contributed by atoms with Crippen LogP contribution >= 0.6 is 21.6 Å². The van der Waals surface area contributed by atoms with Gasteiger partial charge in [0.25, 0.3) is 0 Å². The van der Waals surface area contributed by atoms with Crippen LogP contribution in [0.1, 0.15) is 51.4 Å². The number of unbranched alkanes of at least 4 members (excludes halogenated alkanes) is 1. The number of carbonyl (C=O) groups excluding carboxylic acids is 6. The number of aliphatic hydroxyl groups is 1. The second kappa shape index (κ2) is 26.9. The van der Waals surface area contributed by atoms with Gasteiger partial charge in [0.15, 0.2) is 5.96 Å². The van der Waals surface area contributed by atoms with E-state index in [9.17, 15) is 38.7 Å². The number of nitrogens with zero attached hydrogens (tertiary/aromatic N) is 1. The van der Waals surface area contributed by atoms with Gasteiger partial charge in [-0.05, 0) is 32.1 Å². The Bertz CT molecular complexity index is 1170. The van der Waals surface area contributed by atoms with Crippen LogP contribution < -0.4 is 43.8 Å². The standard InChI is InChI=1S/C29H51N9O11S2/c30-26(45)21(16-39)38-28(47)20(14-25(43)44)37-23(41)15-35-27(46)19(5-3-8-34-29(31)32)36-24(42)17-49-12-11-48-10-9-33-22(40)6-2-1-4-18-7-13-50-51-18/h18-21,39H,1-17H2,(H2,30,45)(H,33,40)(H,35,46)(H,36,42)(H,37,41)(H,38,47)(H,43,44)(H4,31,32,34)/t18?,19-,20-,21-/m0/s1. The molecule has 0 aromatic rings. The number of amides is 6. The first-order valence-corrected chi connectivity index (χ1v) is 18.7. The molecular weight excluding hydrogens is 715 g/mol. The van der Waals surface area contributed by atoms with Gasteiger partial charge in [-0.25, -0.2) is 0 Å². The Balaban J connectivity index is 2.45. The summed E-state index contributed by atoms with van der Waals surface area (Å²) in [4.78, 5) is 88.6. The average molecular weight is 766 g/mol. The van der Waals surface area contributed by atoms with Crippen molar-refractivity contribution in [1.29, 1.82) is 0 Å². The topological polar surface area (TPSA) is 329 Å². The lowest BCUT2D eigenvalue weighted by Gasteiger charge is -2.21. The molecule has 4 atom stereocenters. The van der Waals surface area contributed by atoms with Crippen LogP contribution in [0, 0.1) is 0 Å². The first-order valence-electron chi connectivity index (χ1n) is 16.4. The van der Waals surface area contributed by atoms with Gasteiger partial charge in [0.1, 0.15) is 24.7 Å². The minimum atomic E-state index is -1.67. The summed E-state index contributed by atoms with van der Waals surface area (Å²) < 4.78 is 10.7. The first kappa shape index (κ1) is 45.2. The fourth-order valence-electron chi connectivity index (χ4n) is 4.37. The Hall–Kier alpha value is -3.86. The molecule has 13 N–H and O–H groups in total. The maximum atomic E-state index is 12.9. The molecule has 0 saturated carbocycles. The number of hydrogen-bond donors (Lipinski definition) is 10. The number of carbonyl (C=O) groups is 7. The molecule has 6 amide bonds. The highest BCUT2D eigenvalue weighted by Gasteiger charge is 2.28. The molecule has 20 nitrogen and oxygen atoms in total. The van der Waals surface area contributed by atoms with Crippen LogP contribution in [-0.2, 0) is 43.0 Å². The zero-order valence-electron chi connectivity index (χ0n) is 28.4. The van der Waals surface area contributed by atoms with Crippen LogP contribution in [0.25, 0.3) is 0 Å². The number of aliphatic hydroxyl groups excluding tert-OH is 1. The molecule has 0 aliphatic carbocycles. The van der Waals surface area contributed by atoms with E-state index < -0.39 is 79.8 Å². The van der Waals surface area contributed by atoms with Gasteiger partial charge >= 0.3 is 5.97 Å². The molecule has 1 aliphatic rings. The molecule has 51 heavy (non-hydrogen) atoms. The molecule has 1 aliphatic heterocycles. The highest BCUT2D eigenvalue weighted by Crippen LogP contribution is 2.39. The van der Waals surface area contributed by atoms with Gasteiger partial charge in [-0.1, -0.05) is 28.0 Å². The van der Waals surface area contributed by atoms with Crippen molar-refractivity contribution in [2.24, 2.45) is 22.2 Å². The Morgan fingerprint density at radius 3 is 2.20 bits per heavy atom. The number of hydrogen-bond acceptors (Lipinski definition) is 13. The lowest BCUT2D eigenvalue weighted by atomic mass is 10.1. The Morgan fingerprint density at radius 1 is 0.824 bits per heavy atom. The molecular formula is C29H51N9O11S2. The van der Waals surface area contributed by atoms with E-state index in [1.165, 1.54) is 12.2 Å². The number of aliphatic imine (C=N–C) groups is 1. The minimum absolute atomic E-state index is 0.0266. The van der Waals surface area contributed by atoms with Gasteiger partial charge < -0.3 is 63.5 Å². The van der Waals surface area contributed by atoms with Crippen molar-refractivity contribution in [1.82, 2.24) is 26.6 Å². The van der Waals surface area contributed by atoms with Gasteiger partial charge in [-0.3, -0.25) is 38.6 Å². The zero-order chi connectivity index (χ0) is 38.0. The monoisotopic (exact) mass is 765 g/mol. The number of primary amides is 1. The zero-order valence-corrected chi connectivity index (χ0v) is 30.0.